The molecule has 0 saturated carbocycles. The number of carbonyl (C=O) groups is 1. The summed E-state index contributed by atoms with van der Waals surface area (Å²) in [5, 5.41) is 11.4. The van der Waals surface area contributed by atoms with Gasteiger partial charge < -0.3 is 14.4 Å². The molecule has 11 nitrogen and oxygen atoms in total. The molecule has 0 aromatic heterocycles. The minimum Gasteiger partial charge on any atom is -0.490 e. The average molecular weight is 537 g/mol. The number of anilines is 1. The van der Waals surface area contributed by atoms with E-state index in [1.54, 1.807) is 12.1 Å². The lowest BCUT2D eigenvalue weighted by molar-refractivity contribution is -0.385. The topological polar surface area (TPSA) is 132 Å². The Labute approximate surface area is 219 Å². The number of ether oxygens (including phenoxy) is 2. The van der Waals surface area contributed by atoms with Crippen LogP contribution in [0.4, 0.5) is 11.4 Å². The predicted molar refractivity (Wildman–Crippen MR) is 139 cm³/mol. The van der Waals surface area contributed by atoms with E-state index in [1.165, 1.54) is 35.7 Å². The maximum atomic E-state index is 13.1. The van der Waals surface area contributed by atoms with Crippen molar-refractivity contribution in [3.63, 3.8) is 0 Å². The molecule has 0 N–H and O–H groups in total. The standard InChI is InChI=1S/C26H24N4O7S/c1-36-24-11-6-18(16-23(24)30(32)33)26(31)27-25-22-5-3-2-4-19(22)17-29(25)20-7-9-21(10-8-20)38(34,35)28-12-14-37-15-13-28/h2-11,16H,12-15,17H2,1H3. The second-order valence-electron chi connectivity index (χ2n) is 8.64. The molecule has 1 fully saturated rings. The van der Waals surface area contributed by atoms with Gasteiger partial charge in [-0.1, -0.05) is 24.3 Å². The second-order valence-corrected chi connectivity index (χ2v) is 10.6. The van der Waals surface area contributed by atoms with Crippen LogP contribution in [0.3, 0.4) is 0 Å². The number of sulfonamides is 1. The van der Waals surface area contributed by atoms with Gasteiger partial charge in [0.1, 0.15) is 5.84 Å². The smallest absolute Gasteiger partial charge is 0.311 e. The highest BCUT2D eigenvalue weighted by Gasteiger charge is 2.30. The van der Waals surface area contributed by atoms with E-state index >= 15 is 0 Å². The zero-order valence-corrected chi connectivity index (χ0v) is 21.3. The van der Waals surface area contributed by atoms with E-state index in [4.69, 9.17) is 9.47 Å². The summed E-state index contributed by atoms with van der Waals surface area (Å²) in [6.45, 7) is 1.73. The molecule has 2 aliphatic rings. The maximum Gasteiger partial charge on any atom is 0.311 e. The number of hydrogen-bond donors (Lipinski definition) is 0. The van der Waals surface area contributed by atoms with Crippen LogP contribution in [0.5, 0.6) is 5.75 Å². The lowest BCUT2D eigenvalue weighted by atomic mass is 10.1. The van der Waals surface area contributed by atoms with Gasteiger partial charge in [-0.05, 0) is 42.0 Å². The van der Waals surface area contributed by atoms with Gasteiger partial charge in [0, 0.05) is 36.0 Å². The van der Waals surface area contributed by atoms with Gasteiger partial charge in [-0.3, -0.25) is 14.9 Å². The van der Waals surface area contributed by atoms with Gasteiger partial charge >= 0.3 is 5.69 Å². The number of methoxy groups -OCH3 is 1. The highest BCUT2D eigenvalue weighted by atomic mass is 32.2. The summed E-state index contributed by atoms with van der Waals surface area (Å²) >= 11 is 0. The summed E-state index contributed by atoms with van der Waals surface area (Å²) in [4.78, 5) is 30.3. The van der Waals surface area contributed by atoms with E-state index in [9.17, 15) is 23.3 Å². The van der Waals surface area contributed by atoms with Gasteiger partial charge in [0.25, 0.3) is 5.91 Å². The Morgan fingerprint density at radius 1 is 1.05 bits per heavy atom. The predicted octanol–water partition coefficient (Wildman–Crippen LogP) is 3.23. The average Bonchev–Trinajstić information content (AvgIpc) is 3.31. The summed E-state index contributed by atoms with van der Waals surface area (Å²) in [5.74, 6) is -0.244. The molecule has 0 aliphatic carbocycles. The SMILES string of the molecule is COc1ccc(C(=O)N=C2c3ccccc3CN2c2ccc(S(=O)(=O)N3CCOCC3)cc2)cc1[N+](=O)[O-]. The number of amides is 1. The lowest BCUT2D eigenvalue weighted by Gasteiger charge is -2.26. The van der Waals surface area contributed by atoms with Crippen molar-refractivity contribution in [2.24, 2.45) is 4.99 Å². The van der Waals surface area contributed by atoms with Gasteiger partial charge in [0.2, 0.25) is 10.0 Å². The second kappa shape index (κ2) is 10.3. The molecule has 0 spiro atoms. The van der Waals surface area contributed by atoms with Crippen molar-refractivity contribution in [1.29, 1.82) is 0 Å². The first kappa shape index (κ1) is 25.5. The third-order valence-corrected chi connectivity index (χ3v) is 8.34. The first-order chi connectivity index (χ1) is 18.3. The molecular weight excluding hydrogens is 512 g/mol. The Kier molecular flexibility index (Phi) is 6.93. The van der Waals surface area contributed by atoms with E-state index < -0.39 is 20.9 Å². The van der Waals surface area contributed by atoms with Crippen molar-refractivity contribution in [2.75, 3.05) is 38.3 Å². The number of nitro benzene ring substituents is 1. The molecule has 196 valence electrons. The fraction of sp³-hybridized carbons (Fsp3) is 0.231. The Morgan fingerprint density at radius 2 is 1.76 bits per heavy atom. The molecule has 2 aliphatic heterocycles. The highest BCUT2D eigenvalue weighted by molar-refractivity contribution is 7.89. The Bertz CT molecular complexity index is 1530. The van der Waals surface area contributed by atoms with Crippen molar-refractivity contribution in [3.05, 3.63) is 93.5 Å². The molecule has 38 heavy (non-hydrogen) atoms. The zero-order chi connectivity index (χ0) is 26.9. The molecule has 3 aromatic rings. The van der Waals surface area contributed by atoms with E-state index in [0.717, 1.165) is 17.2 Å². The number of benzene rings is 3. The molecule has 1 saturated heterocycles. The normalized spacial score (nSPS) is 16.9. The van der Waals surface area contributed by atoms with Gasteiger partial charge in [0.15, 0.2) is 5.75 Å². The maximum absolute atomic E-state index is 13.1. The van der Waals surface area contributed by atoms with E-state index in [2.05, 4.69) is 4.99 Å². The van der Waals surface area contributed by atoms with Crippen LogP contribution in [0.15, 0.2) is 76.6 Å². The van der Waals surface area contributed by atoms with Crippen molar-refractivity contribution in [1.82, 2.24) is 4.31 Å². The van der Waals surface area contributed by atoms with Crippen molar-refractivity contribution in [3.8, 4) is 5.75 Å². The quantitative estimate of drug-likeness (QED) is 0.347. The van der Waals surface area contributed by atoms with Crippen LogP contribution in [0, 0.1) is 10.1 Å². The van der Waals surface area contributed by atoms with Crippen LogP contribution in [0.1, 0.15) is 21.5 Å². The molecule has 1 amide bonds. The third-order valence-electron chi connectivity index (χ3n) is 6.43. The first-order valence-electron chi connectivity index (χ1n) is 11.8. The summed E-state index contributed by atoms with van der Waals surface area (Å²) in [6, 6.07) is 17.8. The zero-order valence-electron chi connectivity index (χ0n) is 20.4. The molecule has 3 aromatic carbocycles. The summed E-state index contributed by atoms with van der Waals surface area (Å²) in [5.41, 5.74) is 2.04. The van der Waals surface area contributed by atoms with Gasteiger partial charge in [-0.2, -0.15) is 9.30 Å². The lowest BCUT2D eigenvalue weighted by Crippen LogP contribution is -2.40. The van der Waals surface area contributed by atoms with Gasteiger partial charge in [-0.25, -0.2) is 8.42 Å². The van der Waals surface area contributed by atoms with Gasteiger partial charge in [0.05, 0.1) is 36.7 Å². The molecule has 12 heteroatoms. The number of carbonyl (C=O) groups excluding carboxylic acids is 1. The van der Waals surface area contributed by atoms with E-state index in [1.807, 2.05) is 29.2 Å². The van der Waals surface area contributed by atoms with Crippen LogP contribution in [-0.4, -0.2) is 62.8 Å². The van der Waals surface area contributed by atoms with Crippen LogP contribution in [0.25, 0.3) is 0 Å². The number of amidine groups is 1. The molecule has 0 unspecified atom stereocenters. The Morgan fingerprint density at radius 3 is 2.45 bits per heavy atom. The molecule has 0 bridgehead atoms. The Hall–Kier alpha value is -4.13. The number of nitro groups is 1. The van der Waals surface area contributed by atoms with Crippen LogP contribution >= 0.6 is 0 Å². The Balaban J connectivity index is 1.48. The fourth-order valence-electron chi connectivity index (χ4n) is 4.46. The minimum atomic E-state index is -3.66. The number of aliphatic imine (C=N–C) groups is 1. The molecule has 2 heterocycles. The summed E-state index contributed by atoms with van der Waals surface area (Å²) in [6.07, 6.45) is 0. The minimum absolute atomic E-state index is 0.0409. The molecule has 5 rings (SSSR count). The largest absolute Gasteiger partial charge is 0.490 e. The number of nitrogens with zero attached hydrogens (tertiary/aromatic N) is 4. The monoisotopic (exact) mass is 536 g/mol. The summed E-state index contributed by atoms with van der Waals surface area (Å²) < 4.78 is 37.7. The van der Waals surface area contributed by atoms with Crippen molar-refractivity contribution in [2.45, 2.75) is 11.4 Å². The number of morpholine rings is 1. The number of rotatable bonds is 6. The van der Waals surface area contributed by atoms with Crippen LogP contribution < -0.4 is 9.64 Å². The van der Waals surface area contributed by atoms with E-state index in [0.29, 0.717) is 44.4 Å². The van der Waals surface area contributed by atoms with Gasteiger partial charge in [-0.15, -0.1) is 0 Å². The van der Waals surface area contributed by atoms with Crippen LogP contribution in [-0.2, 0) is 21.3 Å². The third kappa shape index (κ3) is 4.76. The highest BCUT2D eigenvalue weighted by Crippen LogP contribution is 2.32. The number of fused-ring (bicyclic) bond motifs is 1. The number of hydrogen-bond acceptors (Lipinski definition) is 7. The molecular formula is C26H24N4O7S. The van der Waals surface area contributed by atoms with Crippen molar-refractivity contribution < 1.29 is 27.6 Å². The molecule has 0 radical (unpaired) electrons. The summed E-state index contributed by atoms with van der Waals surface area (Å²) in [7, 11) is -2.34. The fourth-order valence-corrected chi connectivity index (χ4v) is 5.87. The van der Waals surface area contributed by atoms with E-state index in [-0.39, 0.29) is 21.9 Å². The first-order valence-corrected chi connectivity index (χ1v) is 13.2. The van der Waals surface area contributed by atoms with Crippen LogP contribution in [0.2, 0.25) is 0 Å². The molecule has 0 atom stereocenters. The van der Waals surface area contributed by atoms with Crippen molar-refractivity contribution >= 4 is 33.1 Å².